The summed E-state index contributed by atoms with van der Waals surface area (Å²) in [6, 6.07) is 9.05. The van der Waals surface area contributed by atoms with Crippen molar-refractivity contribution in [2.24, 2.45) is 0 Å². The third kappa shape index (κ3) is 6.07. The second-order valence-electron chi connectivity index (χ2n) is 4.52. The maximum Gasteiger partial charge on any atom is 0.338 e. The van der Waals surface area contributed by atoms with Gasteiger partial charge in [0.05, 0.1) is 26.7 Å². The average molecular weight is 335 g/mol. The molecule has 0 aromatic heterocycles. The van der Waals surface area contributed by atoms with Crippen LogP contribution in [0.15, 0.2) is 30.3 Å². The van der Waals surface area contributed by atoms with Crippen LogP contribution in [-0.4, -0.2) is 44.7 Å². The van der Waals surface area contributed by atoms with E-state index in [2.05, 4.69) is 21.1 Å². The Morgan fingerprint density at radius 2 is 1.75 bits per heavy atom. The molecule has 1 aromatic rings. The maximum atomic E-state index is 11.5. The highest BCUT2D eigenvalue weighted by molar-refractivity contribution is 5.89. The minimum absolute atomic E-state index is 0. The fraction of sp³-hybridized carbons (Fsp3) is 0.417. The molecule has 0 atom stereocenters. The van der Waals surface area contributed by atoms with Crippen molar-refractivity contribution < 1.29 is 38.0 Å². The van der Waals surface area contributed by atoms with Crippen molar-refractivity contribution >= 4 is 5.97 Å². The number of nitrogens with zero attached hydrogens (tertiary/aromatic N) is 1. The largest absolute Gasteiger partial charge is 1.00 e. The van der Waals surface area contributed by atoms with Gasteiger partial charge in [-0.25, -0.2) is 4.79 Å². The van der Waals surface area contributed by atoms with Gasteiger partial charge in [-0.2, -0.15) is 0 Å². The number of halogens is 1. The molecule has 90 valence electrons. The van der Waals surface area contributed by atoms with E-state index in [0.29, 0.717) is 12.2 Å². The number of benzene rings is 1. The summed E-state index contributed by atoms with van der Waals surface area (Å²) in [6.07, 6.45) is 0. The predicted molar refractivity (Wildman–Crippen MR) is 59.6 cm³/mol. The molecule has 1 rings (SSSR count). The van der Waals surface area contributed by atoms with Crippen LogP contribution in [0.5, 0.6) is 0 Å². The van der Waals surface area contributed by atoms with E-state index in [-0.39, 0.29) is 29.9 Å². The number of esters is 1. The zero-order valence-electron chi connectivity index (χ0n) is 9.94. The van der Waals surface area contributed by atoms with Gasteiger partial charge in [0.25, 0.3) is 0 Å². The van der Waals surface area contributed by atoms with Gasteiger partial charge in [0.1, 0.15) is 13.2 Å². The molecule has 0 aliphatic rings. The van der Waals surface area contributed by atoms with Gasteiger partial charge in [0.15, 0.2) is 0 Å². The second kappa shape index (κ2) is 6.85. The molecular formula is C12H18INO2. The summed E-state index contributed by atoms with van der Waals surface area (Å²) in [6.45, 7) is 1.27. The first kappa shape index (κ1) is 15.4. The zero-order chi connectivity index (χ0) is 11.3. The van der Waals surface area contributed by atoms with Crippen LogP contribution >= 0.6 is 0 Å². The molecule has 16 heavy (non-hydrogen) atoms. The highest BCUT2D eigenvalue weighted by Gasteiger charge is 2.10. The van der Waals surface area contributed by atoms with E-state index in [1.807, 2.05) is 18.2 Å². The Kier molecular flexibility index (Phi) is 6.59. The smallest absolute Gasteiger partial charge is 0.338 e. The summed E-state index contributed by atoms with van der Waals surface area (Å²) in [7, 11) is 6.20. The van der Waals surface area contributed by atoms with Crippen LogP contribution in [0.2, 0.25) is 0 Å². The summed E-state index contributed by atoms with van der Waals surface area (Å²) < 4.78 is 5.94. The number of rotatable bonds is 4. The molecule has 0 heterocycles. The molecule has 4 heteroatoms. The van der Waals surface area contributed by atoms with Gasteiger partial charge < -0.3 is 33.2 Å². The fourth-order valence-electron chi connectivity index (χ4n) is 1.07. The number of carbonyl (C=O) groups excluding carboxylic acids is 1. The van der Waals surface area contributed by atoms with Crippen molar-refractivity contribution in [3.8, 4) is 0 Å². The lowest BCUT2D eigenvalue weighted by atomic mass is 10.2. The number of quaternary nitrogens is 1. The molecule has 0 bridgehead atoms. The monoisotopic (exact) mass is 335 g/mol. The van der Waals surface area contributed by atoms with E-state index in [4.69, 9.17) is 4.74 Å². The number of carbonyl (C=O) groups is 1. The first-order valence-electron chi connectivity index (χ1n) is 5.02. The Morgan fingerprint density at radius 1 is 1.19 bits per heavy atom. The molecule has 1 aromatic carbocycles. The first-order valence-corrected chi connectivity index (χ1v) is 5.02. The molecule has 0 fully saturated rings. The number of hydrogen-bond acceptors (Lipinski definition) is 2. The Labute approximate surface area is 114 Å². The molecule has 0 N–H and O–H groups in total. The van der Waals surface area contributed by atoms with Crippen LogP contribution in [0.1, 0.15) is 10.4 Å². The van der Waals surface area contributed by atoms with E-state index >= 15 is 0 Å². The Morgan fingerprint density at radius 3 is 2.25 bits per heavy atom. The van der Waals surface area contributed by atoms with Gasteiger partial charge in [-0.05, 0) is 12.1 Å². The van der Waals surface area contributed by atoms with Crippen LogP contribution in [0.3, 0.4) is 0 Å². The Hall–Kier alpha value is -0.620. The molecule has 3 nitrogen and oxygen atoms in total. The Bertz CT molecular complexity index is 320. The van der Waals surface area contributed by atoms with Crippen LogP contribution in [0, 0.1) is 0 Å². The summed E-state index contributed by atoms with van der Waals surface area (Å²) in [5.74, 6) is -0.246. The summed E-state index contributed by atoms with van der Waals surface area (Å²) in [4.78, 5) is 11.5. The minimum atomic E-state index is -0.246. The van der Waals surface area contributed by atoms with E-state index in [9.17, 15) is 4.79 Å². The van der Waals surface area contributed by atoms with Crippen LogP contribution in [-0.2, 0) is 4.74 Å². The van der Waals surface area contributed by atoms with Crippen LogP contribution in [0.25, 0.3) is 0 Å². The van der Waals surface area contributed by atoms with Crippen LogP contribution < -0.4 is 24.0 Å². The van der Waals surface area contributed by atoms with Crippen LogP contribution in [0.4, 0.5) is 0 Å². The van der Waals surface area contributed by atoms with Gasteiger partial charge in [-0.1, -0.05) is 18.2 Å². The van der Waals surface area contributed by atoms with E-state index in [1.165, 1.54) is 0 Å². The SMILES string of the molecule is C[N+](C)(C)CCOC(=O)c1ccccc1.[I-]. The number of ether oxygens (including phenoxy) is 1. The molecular weight excluding hydrogens is 317 g/mol. The topological polar surface area (TPSA) is 26.3 Å². The van der Waals surface area contributed by atoms with Crippen molar-refractivity contribution in [2.75, 3.05) is 34.3 Å². The molecule has 0 spiro atoms. The summed E-state index contributed by atoms with van der Waals surface area (Å²) >= 11 is 0. The van der Waals surface area contributed by atoms with Crippen molar-refractivity contribution in [3.63, 3.8) is 0 Å². The lowest BCUT2D eigenvalue weighted by molar-refractivity contribution is -0.870. The number of hydrogen-bond donors (Lipinski definition) is 0. The first-order chi connectivity index (χ1) is 6.99. The van der Waals surface area contributed by atoms with E-state index < -0.39 is 0 Å². The van der Waals surface area contributed by atoms with Crippen molar-refractivity contribution in [1.82, 2.24) is 0 Å². The van der Waals surface area contributed by atoms with Gasteiger partial charge in [-0.3, -0.25) is 0 Å². The molecule has 0 amide bonds. The van der Waals surface area contributed by atoms with Crippen molar-refractivity contribution in [2.45, 2.75) is 0 Å². The molecule has 0 aliphatic carbocycles. The standard InChI is InChI=1S/C12H18NO2.HI/c1-13(2,3)9-10-15-12(14)11-7-5-4-6-8-11;/h4-8H,9-10H2,1-3H3;1H/q+1;/p-1. The maximum absolute atomic E-state index is 11.5. The Balaban J connectivity index is 0.00000225. The lowest BCUT2D eigenvalue weighted by Gasteiger charge is -2.23. The fourth-order valence-corrected chi connectivity index (χ4v) is 1.07. The lowest BCUT2D eigenvalue weighted by Crippen LogP contribution is -3.00. The molecule has 0 saturated carbocycles. The normalized spacial score (nSPS) is 10.4. The average Bonchev–Trinajstić information content (AvgIpc) is 2.17. The quantitative estimate of drug-likeness (QED) is 0.383. The highest BCUT2D eigenvalue weighted by Crippen LogP contribution is 2.01. The number of likely N-dealkylation sites (N-methyl/N-ethyl adjacent to an activating group) is 1. The van der Waals surface area contributed by atoms with E-state index in [1.54, 1.807) is 12.1 Å². The third-order valence-corrected chi connectivity index (χ3v) is 2.00. The van der Waals surface area contributed by atoms with Gasteiger partial charge in [-0.15, -0.1) is 0 Å². The molecule has 0 radical (unpaired) electrons. The third-order valence-electron chi connectivity index (χ3n) is 2.00. The van der Waals surface area contributed by atoms with E-state index in [0.717, 1.165) is 11.0 Å². The predicted octanol–water partition coefficient (Wildman–Crippen LogP) is -1.45. The van der Waals surface area contributed by atoms with Crippen molar-refractivity contribution in [3.05, 3.63) is 35.9 Å². The van der Waals surface area contributed by atoms with Gasteiger partial charge in [0, 0.05) is 0 Å². The highest BCUT2D eigenvalue weighted by atomic mass is 127. The van der Waals surface area contributed by atoms with Crippen molar-refractivity contribution in [1.29, 1.82) is 0 Å². The summed E-state index contributed by atoms with van der Waals surface area (Å²) in [5, 5.41) is 0. The zero-order valence-corrected chi connectivity index (χ0v) is 12.1. The van der Waals surface area contributed by atoms with Gasteiger partial charge >= 0.3 is 5.97 Å². The molecule has 0 aliphatic heterocycles. The molecule has 0 unspecified atom stereocenters. The van der Waals surface area contributed by atoms with Gasteiger partial charge in [0.2, 0.25) is 0 Å². The molecule has 0 saturated heterocycles. The minimum Gasteiger partial charge on any atom is -1.00 e. The second-order valence-corrected chi connectivity index (χ2v) is 4.52. The summed E-state index contributed by atoms with van der Waals surface area (Å²) in [5.41, 5.74) is 0.610.